The number of nitrogens with zero attached hydrogens (tertiary/aromatic N) is 4. The zero-order valence-electron chi connectivity index (χ0n) is 14.0. The Kier molecular flexibility index (Phi) is 4.98. The fourth-order valence-corrected chi connectivity index (χ4v) is 3.32. The van der Waals surface area contributed by atoms with Crippen LogP contribution in [0.3, 0.4) is 0 Å². The summed E-state index contributed by atoms with van der Waals surface area (Å²) in [6.45, 7) is 3.63. The Balaban J connectivity index is 1.74. The molecule has 2 fully saturated rings. The van der Waals surface area contributed by atoms with Crippen LogP contribution in [0.25, 0.3) is 0 Å². The quantitative estimate of drug-likeness (QED) is 0.768. The standard InChI is InChI=1S/C16H24N4O4/c1-18-14(21)5-4-13(17-18)15(22)20-8-9-24-12-16(23,11-20)10-19-6-2-3-7-19/h4-5,23H,2-3,6-12H2,1H3/t16-/m0/s1. The molecule has 24 heavy (non-hydrogen) atoms. The molecule has 1 aromatic heterocycles. The molecule has 132 valence electrons. The molecular weight excluding hydrogens is 312 g/mol. The first-order valence-electron chi connectivity index (χ1n) is 8.33. The minimum absolute atomic E-state index is 0.197. The number of aromatic nitrogens is 2. The maximum atomic E-state index is 12.7. The van der Waals surface area contributed by atoms with Crippen LogP contribution in [0.15, 0.2) is 16.9 Å². The van der Waals surface area contributed by atoms with Gasteiger partial charge in [-0.2, -0.15) is 5.10 Å². The molecule has 0 radical (unpaired) electrons. The van der Waals surface area contributed by atoms with E-state index in [0.717, 1.165) is 30.6 Å². The number of hydrogen-bond donors (Lipinski definition) is 1. The van der Waals surface area contributed by atoms with Crippen LogP contribution in [-0.4, -0.2) is 82.1 Å². The molecule has 0 unspecified atom stereocenters. The number of likely N-dealkylation sites (tertiary alicyclic amines) is 1. The van der Waals surface area contributed by atoms with Crippen LogP contribution in [0.4, 0.5) is 0 Å². The van der Waals surface area contributed by atoms with E-state index in [9.17, 15) is 14.7 Å². The molecule has 2 aliphatic rings. The lowest BCUT2D eigenvalue weighted by molar-refractivity contribution is -0.0524. The number of rotatable bonds is 3. The van der Waals surface area contributed by atoms with Gasteiger partial charge in [0.25, 0.3) is 11.5 Å². The molecule has 3 heterocycles. The molecule has 8 heteroatoms. The Hall–Kier alpha value is -1.77. The van der Waals surface area contributed by atoms with Crippen LogP contribution >= 0.6 is 0 Å². The van der Waals surface area contributed by atoms with Gasteiger partial charge in [-0.15, -0.1) is 0 Å². The van der Waals surface area contributed by atoms with E-state index in [1.54, 1.807) is 4.90 Å². The third-order valence-corrected chi connectivity index (χ3v) is 4.54. The van der Waals surface area contributed by atoms with E-state index >= 15 is 0 Å². The first-order chi connectivity index (χ1) is 11.5. The third-order valence-electron chi connectivity index (χ3n) is 4.54. The summed E-state index contributed by atoms with van der Waals surface area (Å²) >= 11 is 0. The van der Waals surface area contributed by atoms with E-state index in [0.29, 0.717) is 19.7 Å². The maximum Gasteiger partial charge on any atom is 0.274 e. The number of amides is 1. The topological polar surface area (TPSA) is 87.9 Å². The SMILES string of the molecule is Cn1nc(C(=O)N2CCOC[C@](O)(CN3CCCC3)C2)ccc1=O. The highest BCUT2D eigenvalue weighted by molar-refractivity contribution is 5.92. The summed E-state index contributed by atoms with van der Waals surface area (Å²) in [4.78, 5) is 27.9. The second kappa shape index (κ2) is 7.00. The summed E-state index contributed by atoms with van der Waals surface area (Å²) in [7, 11) is 1.51. The first kappa shape index (κ1) is 17.1. The lowest BCUT2D eigenvalue weighted by atomic mass is 10.0. The van der Waals surface area contributed by atoms with Crippen molar-refractivity contribution in [1.82, 2.24) is 19.6 Å². The first-order valence-corrected chi connectivity index (χ1v) is 8.33. The van der Waals surface area contributed by atoms with Crippen molar-refractivity contribution in [2.75, 3.05) is 45.9 Å². The van der Waals surface area contributed by atoms with Crippen molar-refractivity contribution in [2.24, 2.45) is 7.05 Å². The summed E-state index contributed by atoms with van der Waals surface area (Å²) in [5.74, 6) is -0.295. The third kappa shape index (κ3) is 3.82. The summed E-state index contributed by atoms with van der Waals surface area (Å²) < 4.78 is 6.67. The average molecular weight is 336 g/mol. The van der Waals surface area contributed by atoms with Crippen molar-refractivity contribution < 1.29 is 14.6 Å². The predicted octanol–water partition coefficient (Wildman–Crippen LogP) is -0.920. The van der Waals surface area contributed by atoms with Crippen LogP contribution in [0.5, 0.6) is 0 Å². The number of hydrogen-bond acceptors (Lipinski definition) is 6. The molecule has 2 aliphatic heterocycles. The van der Waals surface area contributed by atoms with Gasteiger partial charge in [0.1, 0.15) is 11.3 Å². The van der Waals surface area contributed by atoms with E-state index in [2.05, 4.69) is 10.00 Å². The van der Waals surface area contributed by atoms with Crippen molar-refractivity contribution in [2.45, 2.75) is 18.4 Å². The molecule has 1 N–H and O–H groups in total. The van der Waals surface area contributed by atoms with Gasteiger partial charge < -0.3 is 19.6 Å². The van der Waals surface area contributed by atoms with Crippen molar-refractivity contribution in [3.05, 3.63) is 28.2 Å². The summed E-state index contributed by atoms with van der Waals surface area (Å²) in [6, 6.07) is 2.75. The zero-order valence-corrected chi connectivity index (χ0v) is 14.0. The highest BCUT2D eigenvalue weighted by Crippen LogP contribution is 2.18. The molecular formula is C16H24N4O4. The van der Waals surface area contributed by atoms with Crippen LogP contribution in [-0.2, 0) is 11.8 Å². The minimum Gasteiger partial charge on any atom is -0.384 e. The van der Waals surface area contributed by atoms with Crippen molar-refractivity contribution in [3.63, 3.8) is 0 Å². The van der Waals surface area contributed by atoms with Gasteiger partial charge in [0.15, 0.2) is 0 Å². The highest BCUT2D eigenvalue weighted by Gasteiger charge is 2.37. The van der Waals surface area contributed by atoms with Gasteiger partial charge >= 0.3 is 0 Å². The number of β-amino-alcohol motifs (C(OH)–C–C–N with tert-alkyl or cyclic N) is 1. The number of carbonyl (C=O) groups excluding carboxylic acids is 1. The molecule has 0 aliphatic carbocycles. The maximum absolute atomic E-state index is 12.7. The normalized spacial score (nSPS) is 25.7. The van der Waals surface area contributed by atoms with Gasteiger partial charge in [-0.1, -0.05) is 0 Å². The lowest BCUT2D eigenvalue weighted by Crippen LogP contribution is -2.53. The Bertz CT molecular complexity index is 656. The van der Waals surface area contributed by atoms with Gasteiger partial charge in [0.2, 0.25) is 0 Å². The molecule has 1 atom stereocenters. The summed E-state index contributed by atoms with van der Waals surface area (Å²) in [5, 5.41) is 15.0. The smallest absolute Gasteiger partial charge is 0.274 e. The molecule has 0 saturated carbocycles. The number of aryl methyl sites for hydroxylation is 1. The van der Waals surface area contributed by atoms with Gasteiger partial charge in [0, 0.05) is 26.2 Å². The zero-order chi connectivity index (χ0) is 17.2. The lowest BCUT2D eigenvalue weighted by Gasteiger charge is -2.33. The molecule has 2 saturated heterocycles. The van der Waals surface area contributed by atoms with E-state index in [4.69, 9.17) is 4.74 Å². The van der Waals surface area contributed by atoms with Gasteiger partial charge in [0.05, 0.1) is 19.8 Å². The van der Waals surface area contributed by atoms with Crippen LogP contribution in [0.2, 0.25) is 0 Å². The molecule has 8 nitrogen and oxygen atoms in total. The Morgan fingerprint density at radius 3 is 2.79 bits per heavy atom. The van der Waals surface area contributed by atoms with Gasteiger partial charge in [-0.05, 0) is 32.0 Å². The molecule has 0 spiro atoms. The van der Waals surface area contributed by atoms with Crippen molar-refractivity contribution in [1.29, 1.82) is 0 Å². The summed E-state index contributed by atoms with van der Waals surface area (Å²) in [5.41, 5.74) is -1.16. The highest BCUT2D eigenvalue weighted by atomic mass is 16.5. The Morgan fingerprint density at radius 2 is 2.08 bits per heavy atom. The fraction of sp³-hybridized carbons (Fsp3) is 0.688. The predicted molar refractivity (Wildman–Crippen MR) is 86.8 cm³/mol. The van der Waals surface area contributed by atoms with Crippen LogP contribution in [0, 0.1) is 0 Å². The summed E-state index contributed by atoms with van der Waals surface area (Å²) in [6.07, 6.45) is 2.28. The Morgan fingerprint density at radius 1 is 1.33 bits per heavy atom. The molecule has 1 aromatic rings. The monoisotopic (exact) mass is 336 g/mol. The molecule has 3 rings (SSSR count). The van der Waals surface area contributed by atoms with Crippen LogP contribution in [0.1, 0.15) is 23.3 Å². The minimum atomic E-state index is -1.09. The van der Waals surface area contributed by atoms with Crippen LogP contribution < -0.4 is 5.56 Å². The fourth-order valence-electron chi connectivity index (χ4n) is 3.32. The number of ether oxygens (including phenoxy) is 1. The number of carbonyl (C=O) groups is 1. The number of aliphatic hydroxyl groups is 1. The van der Waals surface area contributed by atoms with Gasteiger partial charge in [-0.3, -0.25) is 9.59 Å². The second-order valence-corrected chi connectivity index (χ2v) is 6.67. The molecule has 0 bridgehead atoms. The van der Waals surface area contributed by atoms with Crippen molar-refractivity contribution >= 4 is 5.91 Å². The average Bonchev–Trinajstić information content (AvgIpc) is 2.97. The molecule has 0 aromatic carbocycles. The second-order valence-electron chi connectivity index (χ2n) is 6.67. The van der Waals surface area contributed by atoms with Gasteiger partial charge in [-0.25, -0.2) is 4.68 Å². The van der Waals surface area contributed by atoms with Crippen molar-refractivity contribution in [3.8, 4) is 0 Å². The van der Waals surface area contributed by atoms with E-state index in [-0.39, 0.29) is 30.3 Å². The van der Waals surface area contributed by atoms with E-state index in [1.807, 2.05) is 0 Å². The molecule has 1 amide bonds. The Labute approximate surface area is 140 Å². The largest absolute Gasteiger partial charge is 0.384 e. The van der Waals surface area contributed by atoms with E-state index < -0.39 is 5.60 Å². The van der Waals surface area contributed by atoms with E-state index in [1.165, 1.54) is 19.2 Å².